The van der Waals surface area contributed by atoms with Gasteiger partial charge in [0.15, 0.2) is 0 Å². The van der Waals surface area contributed by atoms with Crippen LogP contribution in [-0.2, 0) is 0 Å². The summed E-state index contributed by atoms with van der Waals surface area (Å²) in [4.78, 5) is 4.98. The van der Waals surface area contributed by atoms with Crippen LogP contribution in [0.5, 0.6) is 5.75 Å². The van der Waals surface area contributed by atoms with E-state index >= 15 is 0 Å². The summed E-state index contributed by atoms with van der Waals surface area (Å²) in [5, 5.41) is 0. The third-order valence-electron chi connectivity index (χ3n) is 6.29. The van der Waals surface area contributed by atoms with Crippen molar-refractivity contribution < 1.29 is 4.74 Å². The SMILES string of the molecule is CC(C)n1c(-c2cccc(-c3cccc4c3OC3C=CC=CC43)c2)nc2ccccc21. The number of rotatable bonds is 3. The van der Waals surface area contributed by atoms with Crippen molar-refractivity contribution in [3.05, 3.63) is 96.6 Å². The zero-order valence-electron chi connectivity index (χ0n) is 17.7. The van der Waals surface area contributed by atoms with Gasteiger partial charge in [0.25, 0.3) is 0 Å². The minimum atomic E-state index is 0.0921. The van der Waals surface area contributed by atoms with Crippen LogP contribution in [0.25, 0.3) is 33.5 Å². The number of allylic oxidation sites excluding steroid dienone is 2. The number of hydrogen-bond acceptors (Lipinski definition) is 2. The van der Waals surface area contributed by atoms with Crippen molar-refractivity contribution in [1.82, 2.24) is 9.55 Å². The van der Waals surface area contributed by atoms with Crippen molar-refractivity contribution in [2.45, 2.75) is 31.9 Å². The maximum atomic E-state index is 6.39. The van der Waals surface area contributed by atoms with E-state index in [0.717, 1.165) is 33.8 Å². The molecule has 2 atom stereocenters. The van der Waals surface area contributed by atoms with Crippen LogP contribution in [0.1, 0.15) is 31.4 Å². The number of aromatic nitrogens is 2. The van der Waals surface area contributed by atoms with Crippen LogP contribution in [0.3, 0.4) is 0 Å². The van der Waals surface area contributed by atoms with E-state index in [2.05, 4.69) is 103 Å². The summed E-state index contributed by atoms with van der Waals surface area (Å²) in [6.07, 6.45) is 8.67. The van der Waals surface area contributed by atoms with E-state index in [1.165, 1.54) is 11.1 Å². The van der Waals surface area contributed by atoms with Gasteiger partial charge in [-0.05, 0) is 43.7 Å². The molecule has 6 rings (SSSR count). The van der Waals surface area contributed by atoms with Crippen LogP contribution in [0, 0.1) is 0 Å². The summed E-state index contributed by atoms with van der Waals surface area (Å²) in [6, 6.07) is 23.9. The van der Waals surface area contributed by atoms with Gasteiger partial charge >= 0.3 is 0 Å². The van der Waals surface area contributed by atoms with Gasteiger partial charge in [-0.15, -0.1) is 0 Å². The van der Waals surface area contributed by atoms with E-state index in [-0.39, 0.29) is 6.10 Å². The third kappa shape index (κ3) is 2.84. The first kappa shape index (κ1) is 18.2. The van der Waals surface area contributed by atoms with Gasteiger partial charge in [-0.2, -0.15) is 0 Å². The molecule has 4 aromatic rings. The van der Waals surface area contributed by atoms with Gasteiger partial charge in [0.1, 0.15) is 17.7 Å². The Morgan fingerprint density at radius 1 is 0.871 bits per heavy atom. The van der Waals surface area contributed by atoms with Crippen molar-refractivity contribution in [3.63, 3.8) is 0 Å². The van der Waals surface area contributed by atoms with Crippen LogP contribution in [0.2, 0.25) is 0 Å². The number of fused-ring (bicyclic) bond motifs is 4. The predicted octanol–water partition coefficient (Wildman–Crippen LogP) is 6.92. The summed E-state index contributed by atoms with van der Waals surface area (Å²) >= 11 is 0. The number of nitrogens with zero attached hydrogens (tertiary/aromatic N) is 2. The van der Waals surface area contributed by atoms with Gasteiger partial charge in [0, 0.05) is 28.7 Å². The maximum absolute atomic E-state index is 6.39. The minimum absolute atomic E-state index is 0.0921. The molecule has 1 aliphatic carbocycles. The highest BCUT2D eigenvalue weighted by atomic mass is 16.5. The number of benzene rings is 3. The Morgan fingerprint density at radius 3 is 2.58 bits per heavy atom. The first-order chi connectivity index (χ1) is 15.2. The van der Waals surface area contributed by atoms with Crippen LogP contribution in [0.4, 0.5) is 0 Å². The molecular formula is C28H24N2O. The van der Waals surface area contributed by atoms with E-state index in [9.17, 15) is 0 Å². The zero-order chi connectivity index (χ0) is 20.9. The van der Waals surface area contributed by atoms with Gasteiger partial charge in [-0.3, -0.25) is 0 Å². The number of ether oxygens (including phenoxy) is 1. The smallest absolute Gasteiger partial charge is 0.141 e. The highest BCUT2D eigenvalue weighted by molar-refractivity contribution is 5.83. The molecule has 2 heterocycles. The standard InChI is InChI=1S/C28H24N2O/c1-18(2)30-25-15-5-4-14-24(25)29-28(30)20-10-7-9-19(17-20)21-12-8-13-23-22-11-3-6-16-26(22)31-27(21)23/h3-18,22,26H,1-2H3. The number of imidazole rings is 1. The highest BCUT2D eigenvalue weighted by Crippen LogP contribution is 2.46. The Balaban J connectivity index is 1.49. The van der Waals surface area contributed by atoms with Gasteiger partial charge < -0.3 is 9.30 Å². The lowest BCUT2D eigenvalue weighted by Gasteiger charge is -2.15. The van der Waals surface area contributed by atoms with Gasteiger partial charge in [0.05, 0.1) is 11.0 Å². The van der Waals surface area contributed by atoms with Crippen molar-refractivity contribution in [2.24, 2.45) is 0 Å². The molecule has 1 aromatic heterocycles. The van der Waals surface area contributed by atoms with Gasteiger partial charge in [-0.25, -0.2) is 4.98 Å². The van der Waals surface area contributed by atoms with Crippen molar-refractivity contribution in [3.8, 4) is 28.3 Å². The van der Waals surface area contributed by atoms with Gasteiger partial charge in [-0.1, -0.05) is 66.8 Å². The summed E-state index contributed by atoms with van der Waals surface area (Å²) < 4.78 is 8.72. The molecule has 0 saturated heterocycles. The Bertz CT molecular complexity index is 1360. The average Bonchev–Trinajstić information content (AvgIpc) is 3.38. The Kier molecular flexibility index (Phi) is 4.10. The lowest BCUT2D eigenvalue weighted by molar-refractivity contribution is 0.270. The summed E-state index contributed by atoms with van der Waals surface area (Å²) in [6.45, 7) is 4.42. The molecular weight excluding hydrogens is 380 g/mol. The second-order valence-corrected chi connectivity index (χ2v) is 8.57. The molecule has 3 heteroatoms. The summed E-state index contributed by atoms with van der Waals surface area (Å²) in [7, 11) is 0. The monoisotopic (exact) mass is 404 g/mol. The molecule has 0 bridgehead atoms. The average molecular weight is 405 g/mol. The first-order valence-corrected chi connectivity index (χ1v) is 10.9. The van der Waals surface area contributed by atoms with E-state index in [0.29, 0.717) is 12.0 Å². The minimum Gasteiger partial charge on any atom is -0.484 e. The fourth-order valence-electron chi connectivity index (χ4n) is 4.89. The molecule has 2 unspecified atom stereocenters. The second kappa shape index (κ2) is 6.98. The van der Waals surface area contributed by atoms with Crippen LogP contribution >= 0.6 is 0 Å². The zero-order valence-corrected chi connectivity index (χ0v) is 17.7. The third-order valence-corrected chi connectivity index (χ3v) is 6.29. The molecule has 31 heavy (non-hydrogen) atoms. The van der Waals surface area contributed by atoms with E-state index in [1.54, 1.807) is 0 Å². The second-order valence-electron chi connectivity index (χ2n) is 8.57. The maximum Gasteiger partial charge on any atom is 0.141 e. The molecule has 0 saturated carbocycles. The van der Waals surface area contributed by atoms with E-state index in [4.69, 9.17) is 9.72 Å². The summed E-state index contributed by atoms with van der Waals surface area (Å²) in [5.41, 5.74) is 6.89. The molecule has 0 amide bonds. The topological polar surface area (TPSA) is 27.1 Å². The molecule has 0 radical (unpaired) electrons. The Morgan fingerprint density at radius 2 is 1.68 bits per heavy atom. The van der Waals surface area contributed by atoms with Gasteiger partial charge in [0.2, 0.25) is 0 Å². The molecule has 2 aliphatic rings. The van der Waals surface area contributed by atoms with Crippen molar-refractivity contribution in [1.29, 1.82) is 0 Å². The lowest BCUT2D eigenvalue weighted by atomic mass is 9.90. The molecule has 3 aromatic carbocycles. The Labute approximate surface area is 182 Å². The number of para-hydroxylation sites is 3. The quantitative estimate of drug-likeness (QED) is 0.370. The van der Waals surface area contributed by atoms with Crippen molar-refractivity contribution in [2.75, 3.05) is 0 Å². The van der Waals surface area contributed by atoms with Crippen molar-refractivity contribution >= 4 is 11.0 Å². The fourth-order valence-corrected chi connectivity index (χ4v) is 4.89. The molecule has 0 spiro atoms. The van der Waals surface area contributed by atoms with Crippen LogP contribution < -0.4 is 4.74 Å². The Hall–Kier alpha value is -3.59. The van der Waals surface area contributed by atoms with E-state index < -0.39 is 0 Å². The first-order valence-electron chi connectivity index (χ1n) is 10.9. The molecule has 0 N–H and O–H groups in total. The summed E-state index contributed by atoms with van der Waals surface area (Å²) in [5.74, 6) is 2.31. The molecule has 3 nitrogen and oxygen atoms in total. The highest BCUT2D eigenvalue weighted by Gasteiger charge is 2.33. The molecule has 152 valence electrons. The number of hydrogen-bond donors (Lipinski definition) is 0. The fraction of sp³-hybridized carbons (Fsp3) is 0.179. The lowest BCUT2D eigenvalue weighted by Crippen LogP contribution is -2.15. The van der Waals surface area contributed by atoms with Crippen LogP contribution in [0.15, 0.2) is 91.0 Å². The predicted molar refractivity (Wildman–Crippen MR) is 126 cm³/mol. The normalized spacial score (nSPS) is 18.9. The molecule has 0 fully saturated rings. The van der Waals surface area contributed by atoms with Crippen LogP contribution in [-0.4, -0.2) is 15.7 Å². The molecule has 1 aliphatic heterocycles. The van der Waals surface area contributed by atoms with E-state index in [1.807, 2.05) is 6.07 Å². The largest absolute Gasteiger partial charge is 0.484 e.